The number of nitrogens with zero attached hydrogens (tertiary/aromatic N) is 4. The molecule has 32 heavy (non-hydrogen) atoms. The van der Waals surface area contributed by atoms with Crippen molar-refractivity contribution < 1.29 is 14.3 Å². The maximum Gasteiger partial charge on any atom is 0.360 e. The molecule has 1 fully saturated rings. The van der Waals surface area contributed by atoms with Gasteiger partial charge in [0.15, 0.2) is 5.69 Å². The van der Waals surface area contributed by atoms with Crippen molar-refractivity contribution in [1.29, 1.82) is 0 Å². The predicted octanol–water partition coefficient (Wildman–Crippen LogP) is 3.39. The molecule has 166 valence electrons. The van der Waals surface area contributed by atoms with Gasteiger partial charge in [0, 0.05) is 18.8 Å². The van der Waals surface area contributed by atoms with Crippen molar-refractivity contribution in [3.63, 3.8) is 0 Å². The number of benzene rings is 2. The van der Waals surface area contributed by atoms with E-state index < -0.39 is 5.97 Å². The van der Waals surface area contributed by atoms with Crippen LogP contribution >= 0.6 is 0 Å². The topological polar surface area (TPSA) is 89.4 Å². The van der Waals surface area contributed by atoms with Crippen molar-refractivity contribution in [2.24, 2.45) is 0 Å². The summed E-state index contributed by atoms with van der Waals surface area (Å²) in [5.74, 6) is -0.544. The molecule has 2 aromatic carbocycles. The second-order valence-corrected chi connectivity index (χ2v) is 8.01. The lowest BCUT2D eigenvalue weighted by Crippen LogP contribution is -2.42. The lowest BCUT2D eigenvalue weighted by molar-refractivity contribution is -0.122. The first-order chi connectivity index (χ1) is 15.5. The smallest absolute Gasteiger partial charge is 0.360 e. The molecule has 0 saturated carbocycles. The zero-order valence-corrected chi connectivity index (χ0v) is 18.3. The first-order valence-corrected chi connectivity index (χ1v) is 10.7. The third kappa shape index (κ3) is 4.86. The third-order valence-electron chi connectivity index (χ3n) is 5.83. The Hall–Kier alpha value is -3.52. The van der Waals surface area contributed by atoms with Gasteiger partial charge in [0.2, 0.25) is 5.91 Å². The number of amides is 1. The number of hydrogen-bond acceptors (Lipinski definition) is 6. The van der Waals surface area contributed by atoms with Gasteiger partial charge in [-0.3, -0.25) is 9.69 Å². The van der Waals surface area contributed by atoms with Crippen LogP contribution in [0.2, 0.25) is 0 Å². The molecule has 1 aromatic heterocycles. The Morgan fingerprint density at radius 3 is 2.41 bits per heavy atom. The zero-order chi connectivity index (χ0) is 22.5. The monoisotopic (exact) mass is 433 g/mol. The normalized spacial score (nSPS) is 15.8. The largest absolute Gasteiger partial charge is 0.464 e. The van der Waals surface area contributed by atoms with Gasteiger partial charge in [-0.1, -0.05) is 53.2 Å². The van der Waals surface area contributed by atoms with Gasteiger partial charge < -0.3 is 10.1 Å². The number of esters is 1. The van der Waals surface area contributed by atoms with Gasteiger partial charge in [0.1, 0.15) is 6.04 Å². The highest BCUT2D eigenvalue weighted by atomic mass is 16.5. The quantitative estimate of drug-likeness (QED) is 0.600. The summed E-state index contributed by atoms with van der Waals surface area (Å²) in [6.07, 6.45) is 3.22. The number of nitrogens with one attached hydrogen (secondary N) is 1. The Labute approximate surface area is 187 Å². The second kappa shape index (κ2) is 9.74. The summed E-state index contributed by atoms with van der Waals surface area (Å²) in [6, 6.07) is 17.4. The summed E-state index contributed by atoms with van der Waals surface area (Å²) >= 11 is 0. The summed E-state index contributed by atoms with van der Waals surface area (Å²) < 4.78 is 6.44. The van der Waals surface area contributed by atoms with Crippen LogP contribution in [0, 0.1) is 6.92 Å². The van der Waals surface area contributed by atoms with E-state index in [1.807, 2.05) is 61.5 Å². The molecule has 3 aromatic rings. The summed E-state index contributed by atoms with van der Waals surface area (Å²) in [4.78, 5) is 27.2. The molecular formula is C24H27N5O3. The fourth-order valence-corrected chi connectivity index (χ4v) is 4.07. The minimum absolute atomic E-state index is 0.0489. The van der Waals surface area contributed by atoms with Gasteiger partial charge in [-0.25, -0.2) is 9.48 Å². The van der Waals surface area contributed by atoms with Crippen LogP contribution in [0.1, 0.15) is 46.5 Å². The SMILES string of the molecule is COC(=O)c1cn(C2CCN([C@@H](C(=O)Nc3ccc(C)cc3)c3ccccc3)CC2)nn1. The van der Waals surface area contributed by atoms with Crippen molar-refractivity contribution in [3.05, 3.63) is 77.6 Å². The molecule has 2 heterocycles. The number of carbonyl (C=O) groups excluding carboxylic acids is 2. The van der Waals surface area contributed by atoms with Crippen LogP contribution in [0.3, 0.4) is 0 Å². The highest BCUT2D eigenvalue weighted by Crippen LogP contribution is 2.30. The predicted molar refractivity (Wildman–Crippen MR) is 120 cm³/mol. The van der Waals surface area contributed by atoms with Gasteiger partial charge >= 0.3 is 5.97 Å². The van der Waals surface area contributed by atoms with Gasteiger partial charge in [-0.05, 0) is 37.5 Å². The van der Waals surface area contributed by atoms with Gasteiger partial charge in [0.25, 0.3) is 0 Å². The number of carbonyl (C=O) groups is 2. The number of ether oxygens (including phenoxy) is 1. The summed E-state index contributed by atoms with van der Waals surface area (Å²) in [7, 11) is 1.32. The number of aryl methyl sites for hydroxylation is 1. The van der Waals surface area contributed by atoms with Crippen LogP contribution in [0.25, 0.3) is 0 Å². The van der Waals surface area contributed by atoms with Gasteiger partial charge in [-0.2, -0.15) is 0 Å². The Morgan fingerprint density at radius 2 is 1.75 bits per heavy atom. The molecule has 4 rings (SSSR count). The molecule has 8 heteroatoms. The lowest BCUT2D eigenvalue weighted by atomic mass is 9.98. The number of aromatic nitrogens is 3. The molecule has 1 N–H and O–H groups in total. The van der Waals surface area contributed by atoms with Crippen LogP contribution in [0.4, 0.5) is 5.69 Å². The summed E-state index contributed by atoms with van der Waals surface area (Å²) in [6.45, 7) is 3.46. The molecule has 1 atom stereocenters. The average molecular weight is 434 g/mol. The molecule has 1 saturated heterocycles. The Morgan fingerprint density at radius 1 is 1.06 bits per heavy atom. The molecular weight excluding hydrogens is 406 g/mol. The Kier molecular flexibility index (Phi) is 6.61. The van der Waals surface area contributed by atoms with E-state index >= 15 is 0 Å². The van der Waals surface area contributed by atoms with Crippen LogP contribution in [0.5, 0.6) is 0 Å². The fourth-order valence-electron chi connectivity index (χ4n) is 4.07. The number of piperidine rings is 1. The molecule has 1 amide bonds. The highest BCUT2D eigenvalue weighted by molar-refractivity contribution is 5.95. The van der Waals surface area contributed by atoms with E-state index in [4.69, 9.17) is 4.74 Å². The zero-order valence-electron chi connectivity index (χ0n) is 18.3. The standard InChI is InChI=1S/C24H27N5O3/c1-17-8-10-19(11-9-17)25-23(30)22(18-6-4-3-5-7-18)28-14-12-20(13-15-28)29-16-21(26-27-29)24(31)32-2/h3-11,16,20,22H,12-15H2,1-2H3,(H,25,30)/t22-/m1/s1. The molecule has 0 unspecified atom stereocenters. The minimum Gasteiger partial charge on any atom is -0.464 e. The van der Waals surface area contributed by atoms with Crippen molar-refractivity contribution in [1.82, 2.24) is 19.9 Å². The van der Waals surface area contributed by atoms with Crippen LogP contribution in [0.15, 0.2) is 60.8 Å². The maximum absolute atomic E-state index is 13.3. The molecule has 8 nitrogen and oxygen atoms in total. The fraction of sp³-hybridized carbons (Fsp3) is 0.333. The lowest BCUT2D eigenvalue weighted by Gasteiger charge is -2.37. The van der Waals surface area contributed by atoms with Crippen molar-refractivity contribution in [2.45, 2.75) is 31.8 Å². The van der Waals surface area contributed by atoms with E-state index in [0.29, 0.717) is 0 Å². The molecule has 0 spiro atoms. The van der Waals surface area contributed by atoms with Crippen LogP contribution in [-0.2, 0) is 9.53 Å². The number of likely N-dealkylation sites (tertiary alicyclic amines) is 1. The van der Waals surface area contributed by atoms with Crippen molar-refractivity contribution in [3.8, 4) is 0 Å². The van der Waals surface area contributed by atoms with Gasteiger partial charge in [-0.15, -0.1) is 5.10 Å². The van der Waals surface area contributed by atoms with Crippen molar-refractivity contribution in [2.75, 3.05) is 25.5 Å². The molecule has 0 radical (unpaired) electrons. The van der Waals surface area contributed by atoms with Crippen molar-refractivity contribution >= 4 is 17.6 Å². The number of rotatable bonds is 6. The second-order valence-electron chi connectivity index (χ2n) is 8.01. The van der Waals surface area contributed by atoms with E-state index in [1.165, 1.54) is 7.11 Å². The van der Waals surface area contributed by atoms with Crippen LogP contribution in [-0.4, -0.2) is 52.0 Å². The van der Waals surface area contributed by atoms with E-state index in [2.05, 4.69) is 20.5 Å². The molecule has 1 aliphatic rings. The van der Waals surface area contributed by atoms with Gasteiger partial charge in [0.05, 0.1) is 19.3 Å². The first-order valence-electron chi connectivity index (χ1n) is 10.7. The Balaban J connectivity index is 1.48. The number of anilines is 1. The molecule has 0 bridgehead atoms. The maximum atomic E-state index is 13.3. The molecule has 1 aliphatic heterocycles. The molecule has 0 aliphatic carbocycles. The van der Waals surface area contributed by atoms with E-state index in [-0.39, 0.29) is 23.7 Å². The van der Waals surface area contributed by atoms with Crippen LogP contribution < -0.4 is 5.32 Å². The summed E-state index contributed by atoms with van der Waals surface area (Å²) in [5.41, 5.74) is 3.10. The Bertz CT molecular complexity index is 1060. The van der Waals surface area contributed by atoms with E-state index in [1.54, 1.807) is 10.9 Å². The highest BCUT2D eigenvalue weighted by Gasteiger charge is 2.32. The third-order valence-corrected chi connectivity index (χ3v) is 5.83. The number of hydrogen-bond donors (Lipinski definition) is 1. The minimum atomic E-state index is -0.495. The van der Waals surface area contributed by atoms with E-state index in [0.717, 1.165) is 42.7 Å². The first kappa shape index (κ1) is 21.7. The average Bonchev–Trinajstić information content (AvgIpc) is 3.32. The number of methoxy groups -OCH3 is 1. The summed E-state index contributed by atoms with van der Waals surface area (Å²) in [5, 5.41) is 11.1. The van der Waals surface area contributed by atoms with E-state index in [9.17, 15) is 9.59 Å².